The topological polar surface area (TPSA) is 26.0 Å². The maximum absolute atomic E-state index is 13.5. The minimum atomic E-state index is -0.0529. The Morgan fingerprint density at radius 3 is 2.73 bits per heavy atom. The molecule has 0 aliphatic heterocycles. The minimum absolute atomic E-state index is 0.0529. The summed E-state index contributed by atoms with van der Waals surface area (Å²) in [5.74, 6) is 0.428. The number of rotatable bonds is 2. The zero-order valence-electron chi connectivity index (χ0n) is 9.39. The van der Waals surface area contributed by atoms with Crippen LogP contribution in [0.3, 0.4) is 0 Å². The molecule has 0 fully saturated rings. The number of hydrogen-bond acceptors (Lipinski definition) is 1. The van der Waals surface area contributed by atoms with Gasteiger partial charge < -0.3 is 5.73 Å². The van der Waals surface area contributed by atoms with Gasteiger partial charge in [-0.3, -0.25) is 0 Å². The predicted molar refractivity (Wildman–Crippen MR) is 60.1 cm³/mol. The maximum Gasteiger partial charge on any atom is 0.126 e. The molecule has 1 atom stereocenters. The molecule has 2 rings (SSSR count). The zero-order valence-corrected chi connectivity index (χ0v) is 9.39. The van der Waals surface area contributed by atoms with Crippen LogP contribution in [0.5, 0.6) is 0 Å². The third-order valence-corrected chi connectivity index (χ3v) is 3.76. The Bertz CT molecular complexity index is 371. The van der Waals surface area contributed by atoms with Crippen LogP contribution >= 0.6 is 0 Å². The summed E-state index contributed by atoms with van der Waals surface area (Å²) in [6, 6.07) is 5.38. The molecule has 2 heteroatoms. The Morgan fingerprint density at radius 2 is 2.13 bits per heavy atom. The van der Waals surface area contributed by atoms with Crippen molar-refractivity contribution in [2.45, 2.75) is 26.7 Å². The first-order chi connectivity index (χ1) is 7.04. The number of hydrogen-bond donors (Lipinski definition) is 1. The van der Waals surface area contributed by atoms with Gasteiger partial charge in [-0.2, -0.15) is 0 Å². The lowest BCUT2D eigenvalue weighted by Crippen LogP contribution is -2.32. The van der Waals surface area contributed by atoms with Crippen molar-refractivity contribution in [2.75, 3.05) is 6.54 Å². The Morgan fingerprint density at radius 1 is 1.40 bits per heavy atom. The van der Waals surface area contributed by atoms with Crippen molar-refractivity contribution >= 4 is 0 Å². The van der Waals surface area contributed by atoms with E-state index in [-0.39, 0.29) is 11.2 Å². The van der Waals surface area contributed by atoms with Gasteiger partial charge in [0.15, 0.2) is 0 Å². The van der Waals surface area contributed by atoms with Crippen molar-refractivity contribution < 1.29 is 4.39 Å². The smallest absolute Gasteiger partial charge is 0.126 e. The highest BCUT2D eigenvalue weighted by Crippen LogP contribution is 2.38. The second-order valence-corrected chi connectivity index (χ2v) is 5.18. The van der Waals surface area contributed by atoms with Crippen LogP contribution in [-0.2, 0) is 12.8 Å². The first kappa shape index (κ1) is 10.6. The monoisotopic (exact) mass is 207 g/mol. The van der Waals surface area contributed by atoms with E-state index in [1.165, 1.54) is 5.56 Å². The highest BCUT2D eigenvalue weighted by Gasteiger charge is 2.34. The van der Waals surface area contributed by atoms with Crippen LogP contribution in [-0.4, -0.2) is 6.54 Å². The molecule has 0 aromatic heterocycles. The molecule has 0 amide bonds. The van der Waals surface area contributed by atoms with Crippen LogP contribution in [0.25, 0.3) is 0 Å². The van der Waals surface area contributed by atoms with Gasteiger partial charge in [0.25, 0.3) is 0 Å². The molecule has 1 aliphatic carbocycles. The average Bonchev–Trinajstić information content (AvgIpc) is 2.64. The van der Waals surface area contributed by atoms with Crippen LogP contribution in [0.15, 0.2) is 18.2 Å². The lowest BCUT2D eigenvalue weighted by atomic mass is 9.77. The van der Waals surface area contributed by atoms with Gasteiger partial charge in [0.2, 0.25) is 0 Å². The summed E-state index contributed by atoms with van der Waals surface area (Å²) < 4.78 is 13.5. The average molecular weight is 207 g/mol. The summed E-state index contributed by atoms with van der Waals surface area (Å²) in [7, 11) is 0. The van der Waals surface area contributed by atoms with E-state index < -0.39 is 0 Å². The Kier molecular flexibility index (Phi) is 2.55. The molecular formula is C13H18FN. The number of benzene rings is 1. The van der Waals surface area contributed by atoms with Crippen LogP contribution in [0.1, 0.15) is 25.0 Å². The third-order valence-electron chi connectivity index (χ3n) is 3.76. The van der Waals surface area contributed by atoms with E-state index in [2.05, 4.69) is 13.8 Å². The molecule has 0 radical (unpaired) electrons. The molecule has 1 aliphatic rings. The summed E-state index contributed by atoms with van der Waals surface area (Å²) in [6.07, 6.45) is 1.81. The van der Waals surface area contributed by atoms with Gasteiger partial charge in [-0.25, -0.2) is 4.39 Å². The first-order valence-corrected chi connectivity index (χ1v) is 5.51. The van der Waals surface area contributed by atoms with E-state index in [9.17, 15) is 4.39 Å². The normalized spacial score (nSPS) is 20.4. The summed E-state index contributed by atoms with van der Waals surface area (Å²) in [5.41, 5.74) is 7.94. The van der Waals surface area contributed by atoms with Crippen molar-refractivity contribution in [3.05, 3.63) is 35.1 Å². The van der Waals surface area contributed by atoms with E-state index in [4.69, 9.17) is 5.73 Å². The van der Waals surface area contributed by atoms with Crippen LogP contribution in [0.4, 0.5) is 4.39 Å². The largest absolute Gasteiger partial charge is 0.330 e. The van der Waals surface area contributed by atoms with Crippen LogP contribution in [0.2, 0.25) is 0 Å². The van der Waals surface area contributed by atoms with E-state index in [0.717, 1.165) is 18.4 Å². The van der Waals surface area contributed by atoms with E-state index in [0.29, 0.717) is 12.5 Å². The fraction of sp³-hybridized carbons (Fsp3) is 0.538. The highest BCUT2D eigenvalue weighted by molar-refractivity contribution is 5.34. The van der Waals surface area contributed by atoms with Gasteiger partial charge in [-0.15, -0.1) is 0 Å². The van der Waals surface area contributed by atoms with Gasteiger partial charge in [-0.05, 0) is 47.9 Å². The van der Waals surface area contributed by atoms with Crippen LogP contribution < -0.4 is 5.73 Å². The zero-order chi connectivity index (χ0) is 11.1. The molecule has 1 aromatic rings. The molecule has 0 spiro atoms. The van der Waals surface area contributed by atoms with Gasteiger partial charge in [0.05, 0.1) is 0 Å². The third kappa shape index (κ3) is 1.78. The first-order valence-electron chi connectivity index (χ1n) is 5.51. The Balaban J connectivity index is 2.26. The molecule has 0 heterocycles. The molecule has 1 nitrogen and oxygen atoms in total. The molecule has 1 aromatic carbocycles. The number of halogens is 1. The molecule has 0 saturated heterocycles. The number of nitrogens with two attached hydrogens (primary N) is 1. The second kappa shape index (κ2) is 3.60. The van der Waals surface area contributed by atoms with Gasteiger partial charge in [-0.1, -0.05) is 26.0 Å². The van der Waals surface area contributed by atoms with Crippen molar-refractivity contribution in [3.8, 4) is 0 Å². The van der Waals surface area contributed by atoms with Gasteiger partial charge >= 0.3 is 0 Å². The quantitative estimate of drug-likeness (QED) is 0.792. The fourth-order valence-corrected chi connectivity index (χ4v) is 2.33. The molecule has 1 unspecified atom stereocenters. The predicted octanol–water partition coefficient (Wildman–Crippen LogP) is 2.53. The molecule has 2 N–H and O–H groups in total. The summed E-state index contributed by atoms with van der Waals surface area (Å²) >= 11 is 0. The van der Waals surface area contributed by atoms with Crippen molar-refractivity contribution in [2.24, 2.45) is 17.1 Å². The number of fused-ring (bicyclic) bond motifs is 1. The van der Waals surface area contributed by atoms with E-state index in [1.807, 2.05) is 6.07 Å². The van der Waals surface area contributed by atoms with Crippen molar-refractivity contribution in [3.63, 3.8) is 0 Å². The van der Waals surface area contributed by atoms with Crippen LogP contribution in [0, 0.1) is 17.2 Å². The summed E-state index contributed by atoms with van der Waals surface area (Å²) in [5, 5.41) is 0. The van der Waals surface area contributed by atoms with E-state index >= 15 is 0 Å². The molecule has 0 saturated carbocycles. The lowest BCUT2D eigenvalue weighted by Gasteiger charge is -2.29. The van der Waals surface area contributed by atoms with Gasteiger partial charge in [0.1, 0.15) is 5.82 Å². The SMILES string of the molecule is CC(C)(CN)C1Cc2cccc(F)c2C1. The van der Waals surface area contributed by atoms with Crippen molar-refractivity contribution in [1.29, 1.82) is 0 Å². The summed E-state index contributed by atoms with van der Waals surface area (Å²) in [6.45, 7) is 5.00. The van der Waals surface area contributed by atoms with Crippen molar-refractivity contribution in [1.82, 2.24) is 0 Å². The molecule has 0 bridgehead atoms. The lowest BCUT2D eigenvalue weighted by molar-refractivity contribution is 0.230. The Hall–Kier alpha value is -0.890. The molecule has 15 heavy (non-hydrogen) atoms. The Labute approximate surface area is 90.5 Å². The molecular weight excluding hydrogens is 189 g/mol. The standard InChI is InChI=1S/C13H18FN/c1-13(2,8-15)10-6-9-4-3-5-12(14)11(9)7-10/h3-5,10H,6-8,15H2,1-2H3. The van der Waals surface area contributed by atoms with E-state index in [1.54, 1.807) is 12.1 Å². The maximum atomic E-state index is 13.5. The molecule has 82 valence electrons. The highest BCUT2D eigenvalue weighted by atomic mass is 19.1. The second-order valence-electron chi connectivity index (χ2n) is 5.18. The van der Waals surface area contributed by atoms with Gasteiger partial charge in [0, 0.05) is 0 Å². The summed E-state index contributed by atoms with van der Waals surface area (Å²) in [4.78, 5) is 0. The minimum Gasteiger partial charge on any atom is -0.330 e. The fourth-order valence-electron chi connectivity index (χ4n) is 2.33.